The molecule has 0 heterocycles. The molecule has 5 nitrogen and oxygen atoms in total. The Labute approximate surface area is 135 Å². The maximum Gasteiger partial charge on any atom is 0.414 e. The Balaban J connectivity index is 1.86. The lowest BCUT2D eigenvalue weighted by Crippen LogP contribution is -2.48. The lowest BCUT2D eigenvalue weighted by atomic mass is 10.1. The van der Waals surface area contributed by atoms with Crippen molar-refractivity contribution in [3.8, 4) is 5.75 Å². The van der Waals surface area contributed by atoms with Crippen molar-refractivity contribution in [1.29, 1.82) is 0 Å². The first-order chi connectivity index (χ1) is 11.0. The highest BCUT2D eigenvalue weighted by Gasteiger charge is 2.31. The minimum absolute atomic E-state index is 0.0971. The molecule has 2 aromatic carbocycles. The van der Waals surface area contributed by atoms with Gasteiger partial charge in [-0.3, -0.25) is 10.1 Å². The Bertz CT molecular complexity index is 653. The Morgan fingerprint density at radius 1 is 0.957 bits per heavy atom. The zero-order valence-electron chi connectivity index (χ0n) is 13.1. The molecule has 0 atom stereocenters. The van der Waals surface area contributed by atoms with Gasteiger partial charge in [0.2, 0.25) is 0 Å². The SMILES string of the molecule is CC(C)(Oc1ccccc1)C(=O)NC(=O)OCc1ccccc1. The molecule has 23 heavy (non-hydrogen) atoms. The molecule has 0 saturated heterocycles. The van der Waals surface area contributed by atoms with Gasteiger partial charge in [0.25, 0.3) is 5.91 Å². The molecule has 0 saturated carbocycles. The number of nitrogens with one attached hydrogen (secondary N) is 1. The quantitative estimate of drug-likeness (QED) is 0.920. The van der Waals surface area contributed by atoms with Crippen LogP contribution in [0.25, 0.3) is 0 Å². The van der Waals surface area contributed by atoms with Gasteiger partial charge in [-0.15, -0.1) is 0 Å². The fourth-order valence-electron chi connectivity index (χ4n) is 1.83. The van der Waals surface area contributed by atoms with Crippen LogP contribution < -0.4 is 10.1 Å². The molecule has 0 aromatic heterocycles. The lowest BCUT2D eigenvalue weighted by molar-refractivity contribution is -0.133. The van der Waals surface area contributed by atoms with Crippen molar-refractivity contribution in [2.45, 2.75) is 26.1 Å². The average Bonchev–Trinajstić information content (AvgIpc) is 2.54. The molecule has 2 rings (SSSR count). The Morgan fingerprint density at radius 2 is 1.52 bits per heavy atom. The molecule has 0 unspecified atom stereocenters. The van der Waals surface area contributed by atoms with Gasteiger partial charge in [0.05, 0.1) is 0 Å². The van der Waals surface area contributed by atoms with Gasteiger partial charge in [-0.05, 0) is 31.5 Å². The lowest BCUT2D eigenvalue weighted by Gasteiger charge is -2.24. The van der Waals surface area contributed by atoms with Gasteiger partial charge in [0.1, 0.15) is 12.4 Å². The highest BCUT2D eigenvalue weighted by Crippen LogP contribution is 2.17. The molecule has 0 aliphatic rings. The molecule has 5 heteroatoms. The number of ether oxygens (including phenoxy) is 2. The Kier molecular flexibility index (Phi) is 5.36. The second-order valence-corrected chi connectivity index (χ2v) is 5.44. The second-order valence-electron chi connectivity index (χ2n) is 5.44. The van der Waals surface area contributed by atoms with E-state index in [1.54, 1.807) is 38.1 Å². The molecule has 0 fully saturated rings. The molecule has 120 valence electrons. The highest BCUT2D eigenvalue weighted by atomic mass is 16.6. The van der Waals surface area contributed by atoms with Crippen molar-refractivity contribution >= 4 is 12.0 Å². The molecule has 1 N–H and O–H groups in total. The van der Waals surface area contributed by atoms with E-state index in [0.717, 1.165) is 5.56 Å². The van der Waals surface area contributed by atoms with Gasteiger partial charge < -0.3 is 9.47 Å². The molecule has 0 aliphatic heterocycles. The Hall–Kier alpha value is -2.82. The van der Waals surface area contributed by atoms with E-state index in [0.29, 0.717) is 5.75 Å². The van der Waals surface area contributed by atoms with Crippen molar-refractivity contribution < 1.29 is 19.1 Å². The van der Waals surface area contributed by atoms with Crippen LogP contribution in [-0.4, -0.2) is 17.6 Å². The van der Waals surface area contributed by atoms with Crippen molar-refractivity contribution in [2.24, 2.45) is 0 Å². The second kappa shape index (κ2) is 7.45. The largest absolute Gasteiger partial charge is 0.478 e. The molecular weight excluding hydrogens is 294 g/mol. The minimum atomic E-state index is -1.20. The highest BCUT2D eigenvalue weighted by molar-refractivity contribution is 5.96. The van der Waals surface area contributed by atoms with E-state index in [1.807, 2.05) is 36.4 Å². The van der Waals surface area contributed by atoms with E-state index >= 15 is 0 Å². The standard InChI is InChI=1S/C18H19NO4/c1-18(2,23-15-11-7-4-8-12-15)16(20)19-17(21)22-13-14-9-5-3-6-10-14/h3-12H,13H2,1-2H3,(H,19,20,21). The number of hydrogen-bond donors (Lipinski definition) is 1. The molecule has 2 aromatic rings. The first kappa shape index (κ1) is 16.5. The molecular formula is C18H19NO4. The summed E-state index contributed by atoms with van der Waals surface area (Å²) in [4.78, 5) is 23.9. The smallest absolute Gasteiger partial charge is 0.414 e. The van der Waals surface area contributed by atoms with Crippen LogP contribution in [0.15, 0.2) is 60.7 Å². The summed E-state index contributed by atoms with van der Waals surface area (Å²) in [5.74, 6) is -0.0234. The first-order valence-corrected chi connectivity index (χ1v) is 7.23. The van der Waals surface area contributed by atoms with Crippen LogP contribution in [-0.2, 0) is 16.1 Å². The van der Waals surface area contributed by atoms with Crippen LogP contribution in [0.4, 0.5) is 4.79 Å². The van der Waals surface area contributed by atoms with Crippen LogP contribution >= 0.6 is 0 Å². The van der Waals surface area contributed by atoms with Gasteiger partial charge in [-0.1, -0.05) is 48.5 Å². The molecule has 2 amide bonds. The van der Waals surface area contributed by atoms with E-state index in [1.165, 1.54) is 0 Å². The normalized spacial score (nSPS) is 10.7. The maximum absolute atomic E-state index is 12.2. The number of imide groups is 1. The van der Waals surface area contributed by atoms with Crippen molar-refractivity contribution in [2.75, 3.05) is 0 Å². The van der Waals surface area contributed by atoms with Crippen LogP contribution in [0.1, 0.15) is 19.4 Å². The number of carbonyl (C=O) groups is 2. The third-order valence-corrected chi connectivity index (χ3v) is 3.09. The molecule has 0 aliphatic carbocycles. The number of rotatable bonds is 5. The number of hydrogen-bond acceptors (Lipinski definition) is 4. The number of alkyl carbamates (subject to hydrolysis) is 1. The zero-order valence-corrected chi connectivity index (χ0v) is 13.1. The summed E-state index contributed by atoms with van der Waals surface area (Å²) in [5, 5.41) is 2.19. The summed E-state index contributed by atoms with van der Waals surface area (Å²) in [5.41, 5.74) is -0.359. The predicted octanol–water partition coefficient (Wildman–Crippen LogP) is 3.30. The van der Waals surface area contributed by atoms with E-state index in [2.05, 4.69) is 5.32 Å². The van der Waals surface area contributed by atoms with E-state index in [9.17, 15) is 9.59 Å². The molecule has 0 bridgehead atoms. The van der Waals surface area contributed by atoms with Crippen LogP contribution in [0.5, 0.6) is 5.75 Å². The van der Waals surface area contributed by atoms with Crippen molar-refractivity contribution in [3.63, 3.8) is 0 Å². The molecule has 0 radical (unpaired) electrons. The van der Waals surface area contributed by atoms with Crippen molar-refractivity contribution in [3.05, 3.63) is 66.2 Å². The summed E-state index contributed by atoms with van der Waals surface area (Å²) in [6, 6.07) is 18.2. The van der Waals surface area contributed by atoms with Crippen LogP contribution in [0.2, 0.25) is 0 Å². The van der Waals surface area contributed by atoms with E-state index in [4.69, 9.17) is 9.47 Å². The predicted molar refractivity (Wildman–Crippen MR) is 85.9 cm³/mol. The first-order valence-electron chi connectivity index (χ1n) is 7.23. The van der Waals surface area contributed by atoms with Gasteiger partial charge in [0, 0.05) is 0 Å². The monoisotopic (exact) mass is 313 g/mol. The van der Waals surface area contributed by atoms with Gasteiger partial charge in [-0.2, -0.15) is 0 Å². The zero-order chi connectivity index (χ0) is 16.7. The van der Waals surface area contributed by atoms with E-state index in [-0.39, 0.29) is 6.61 Å². The van der Waals surface area contributed by atoms with Gasteiger partial charge in [0.15, 0.2) is 5.60 Å². The summed E-state index contributed by atoms with van der Waals surface area (Å²) in [6.45, 7) is 3.26. The molecule has 0 spiro atoms. The summed E-state index contributed by atoms with van der Waals surface area (Å²) < 4.78 is 10.6. The van der Waals surface area contributed by atoms with Crippen LogP contribution in [0.3, 0.4) is 0 Å². The van der Waals surface area contributed by atoms with Gasteiger partial charge >= 0.3 is 6.09 Å². The summed E-state index contributed by atoms with van der Waals surface area (Å²) in [7, 11) is 0. The maximum atomic E-state index is 12.2. The number of benzene rings is 2. The van der Waals surface area contributed by atoms with Gasteiger partial charge in [-0.25, -0.2) is 4.79 Å². The fraction of sp³-hybridized carbons (Fsp3) is 0.222. The summed E-state index contributed by atoms with van der Waals surface area (Å²) >= 11 is 0. The fourth-order valence-corrected chi connectivity index (χ4v) is 1.83. The average molecular weight is 313 g/mol. The number of para-hydroxylation sites is 1. The van der Waals surface area contributed by atoms with E-state index < -0.39 is 17.6 Å². The Morgan fingerprint density at radius 3 is 2.13 bits per heavy atom. The van der Waals surface area contributed by atoms with Crippen LogP contribution in [0, 0.1) is 0 Å². The topological polar surface area (TPSA) is 64.6 Å². The van der Waals surface area contributed by atoms with Crippen molar-refractivity contribution in [1.82, 2.24) is 5.32 Å². The third-order valence-electron chi connectivity index (χ3n) is 3.09. The third kappa shape index (κ3) is 5.14. The summed E-state index contributed by atoms with van der Waals surface area (Å²) in [6.07, 6.45) is -0.802. The number of carbonyl (C=O) groups excluding carboxylic acids is 2. The minimum Gasteiger partial charge on any atom is -0.478 e. The number of amides is 2.